The number of carbonyl (C=O) groups is 2. The number of esters is 2. The van der Waals surface area contributed by atoms with Crippen LogP contribution in [0.15, 0.2) is 11.0 Å². The van der Waals surface area contributed by atoms with E-state index >= 15 is 4.39 Å². The summed E-state index contributed by atoms with van der Waals surface area (Å²) >= 11 is 0. The topological polar surface area (TPSA) is 141 Å². The number of imidazole rings is 1. The Morgan fingerprint density at radius 3 is 2.73 bits per heavy atom. The van der Waals surface area contributed by atoms with E-state index in [1.54, 1.807) is 6.92 Å². The molecule has 162 valence electrons. The standard InChI is InChI=1S/C18H22FN5O6/c1-3-11(26)29-16-12(19)13(28-8(2)25)15(30-16)24-14-10(6-21-17(20)22-14)23(18(24)27)7-9-4-5-9/h6,9,12-13,15-16H,3-5,7H2,1-2H3,(H2,20,21,22)/t12-,13-,15-,16+/m1/s1. The highest BCUT2D eigenvalue weighted by molar-refractivity contribution is 5.72. The van der Waals surface area contributed by atoms with Crippen LogP contribution in [0.4, 0.5) is 10.3 Å². The van der Waals surface area contributed by atoms with Crippen LogP contribution in [0.3, 0.4) is 0 Å². The molecular formula is C18H22FN5O6. The Balaban J connectivity index is 1.80. The molecule has 4 rings (SSSR count). The van der Waals surface area contributed by atoms with Crippen LogP contribution in [-0.2, 0) is 30.3 Å². The molecule has 11 nitrogen and oxygen atoms in total. The number of aromatic nitrogens is 4. The number of rotatable bonds is 6. The molecule has 2 aromatic rings. The number of nitrogens with zero attached hydrogens (tertiary/aromatic N) is 4. The molecule has 2 aromatic heterocycles. The molecule has 2 N–H and O–H groups in total. The van der Waals surface area contributed by atoms with Gasteiger partial charge in [0.2, 0.25) is 18.4 Å². The van der Waals surface area contributed by atoms with Crippen LogP contribution >= 0.6 is 0 Å². The Morgan fingerprint density at radius 2 is 2.10 bits per heavy atom. The first-order valence-corrected chi connectivity index (χ1v) is 9.69. The van der Waals surface area contributed by atoms with Crippen LogP contribution in [0, 0.1) is 5.92 Å². The lowest BCUT2D eigenvalue weighted by Crippen LogP contribution is -2.37. The molecule has 1 aliphatic carbocycles. The third kappa shape index (κ3) is 3.62. The van der Waals surface area contributed by atoms with Gasteiger partial charge in [0.05, 0.1) is 6.20 Å². The van der Waals surface area contributed by atoms with Gasteiger partial charge in [0.15, 0.2) is 18.0 Å². The van der Waals surface area contributed by atoms with Crippen molar-refractivity contribution >= 4 is 29.1 Å². The van der Waals surface area contributed by atoms with Gasteiger partial charge in [0, 0.05) is 19.9 Å². The highest BCUT2D eigenvalue weighted by Gasteiger charge is 2.52. The Bertz CT molecular complexity index is 1050. The van der Waals surface area contributed by atoms with Gasteiger partial charge in [0.1, 0.15) is 5.52 Å². The van der Waals surface area contributed by atoms with E-state index in [0.717, 1.165) is 24.3 Å². The lowest BCUT2D eigenvalue weighted by molar-refractivity contribution is -0.188. The smallest absolute Gasteiger partial charge is 0.332 e. The summed E-state index contributed by atoms with van der Waals surface area (Å²) in [6.07, 6.45) is -3.16. The molecule has 1 saturated carbocycles. The molecule has 0 spiro atoms. The van der Waals surface area contributed by atoms with Crippen molar-refractivity contribution in [3.63, 3.8) is 0 Å². The maximum Gasteiger partial charge on any atom is 0.332 e. The molecule has 2 fully saturated rings. The zero-order valence-corrected chi connectivity index (χ0v) is 16.5. The average Bonchev–Trinajstić information content (AvgIpc) is 3.42. The quantitative estimate of drug-likeness (QED) is 0.663. The van der Waals surface area contributed by atoms with Crippen molar-refractivity contribution in [2.75, 3.05) is 5.73 Å². The normalized spacial score (nSPS) is 26.1. The number of nitrogens with two attached hydrogens (primary N) is 1. The number of hydrogen-bond acceptors (Lipinski definition) is 9. The minimum Gasteiger partial charge on any atom is -0.454 e. The number of hydrogen-bond donors (Lipinski definition) is 1. The van der Waals surface area contributed by atoms with Gasteiger partial charge in [-0.3, -0.25) is 14.2 Å². The van der Waals surface area contributed by atoms with E-state index in [2.05, 4.69) is 9.97 Å². The summed E-state index contributed by atoms with van der Waals surface area (Å²) in [5.41, 5.74) is 5.68. The fraction of sp³-hybridized carbons (Fsp3) is 0.611. The van der Waals surface area contributed by atoms with Crippen molar-refractivity contribution in [2.24, 2.45) is 5.92 Å². The second-order valence-corrected chi connectivity index (χ2v) is 7.40. The zero-order chi connectivity index (χ0) is 21.6. The molecule has 30 heavy (non-hydrogen) atoms. The average molecular weight is 423 g/mol. The molecule has 3 heterocycles. The number of halogens is 1. The first kappa shape index (κ1) is 20.3. The van der Waals surface area contributed by atoms with Gasteiger partial charge < -0.3 is 19.9 Å². The first-order chi connectivity index (χ1) is 14.3. The van der Waals surface area contributed by atoms with Crippen molar-refractivity contribution < 1.29 is 28.2 Å². The lowest BCUT2D eigenvalue weighted by Gasteiger charge is -2.19. The summed E-state index contributed by atoms with van der Waals surface area (Å²) in [4.78, 5) is 44.6. The van der Waals surface area contributed by atoms with Crippen LogP contribution < -0.4 is 11.4 Å². The molecule has 1 saturated heterocycles. The number of carbonyl (C=O) groups excluding carboxylic acids is 2. The molecule has 1 aliphatic heterocycles. The van der Waals surface area contributed by atoms with Gasteiger partial charge in [-0.15, -0.1) is 0 Å². The van der Waals surface area contributed by atoms with E-state index in [1.165, 1.54) is 10.8 Å². The van der Waals surface area contributed by atoms with Crippen LogP contribution in [0.5, 0.6) is 0 Å². The van der Waals surface area contributed by atoms with E-state index in [1.807, 2.05) is 0 Å². The maximum absolute atomic E-state index is 15.0. The predicted octanol–water partition coefficient (Wildman–Crippen LogP) is 0.663. The van der Waals surface area contributed by atoms with E-state index in [0.29, 0.717) is 18.0 Å². The van der Waals surface area contributed by atoms with E-state index in [-0.39, 0.29) is 18.0 Å². The van der Waals surface area contributed by atoms with Crippen LogP contribution in [0.1, 0.15) is 39.3 Å². The van der Waals surface area contributed by atoms with E-state index in [9.17, 15) is 14.4 Å². The largest absolute Gasteiger partial charge is 0.454 e. The molecule has 0 aromatic carbocycles. The van der Waals surface area contributed by atoms with E-state index in [4.69, 9.17) is 19.9 Å². The SMILES string of the molecule is CCC(=O)O[C@H]1O[C@@H](n2c(=O)n(CC3CC3)c3cnc(N)nc32)[C@H](OC(C)=O)[C@H]1F. The van der Waals surface area contributed by atoms with Gasteiger partial charge in [-0.25, -0.2) is 18.7 Å². The molecule has 12 heteroatoms. The van der Waals surface area contributed by atoms with Gasteiger partial charge >= 0.3 is 17.6 Å². The summed E-state index contributed by atoms with van der Waals surface area (Å²) < 4.78 is 33.2. The van der Waals surface area contributed by atoms with Crippen molar-refractivity contribution in [2.45, 2.75) is 64.4 Å². The Morgan fingerprint density at radius 1 is 1.37 bits per heavy atom. The van der Waals surface area contributed by atoms with Crippen LogP contribution in [-0.4, -0.2) is 49.6 Å². The third-order valence-electron chi connectivity index (χ3n) is 5.08. The Labute approximate surface area is 169 Å². The number of ether oxygens (including phenoxy) is 3. The maximum atomic E-state index is 15.0. The van der Waals surface area contributed by atoms with Crippen molar-refractivity contribution in [1.29, 1.82) is 0 Å². The first-order valence-electron chi connectivity index (χ1n) is 9.69. The minimum atomic E-state index is -2.00. The highest BCUT2D eigenvalue weighted by atomic mass is 19.1. The van der Waals surface area contributed by atoms with Crippen LogP contribution in [0.2, 0.25) is 0 Å². The number of nitrogen functional groups attached to an aromatic ring is 1. The molecule has 4 atom stereocenters. The van der Waals surface area contributed by atoms with Gasteiger partial charge in [-0.05, 0) is 18.8 Å². The molecule has 0 radical (unpaired) electrons. The lowest BCUT2D eigenvalue weighted by atomic mass is 10.2. The van der Waals surface area contributed by atoms with Gasteiger partial charge in [-0.1, -0.05) is 6.92 Å². The summed E-state index contributed by atoms with van der Waals surface area (Å²) in [7, 11) is 0. The molecule has 2 aliphatic rings. The van der Waals surface area contributed by atoms with Crippen molar-refractivity contribution in [3.8, 4) is 0 Å². The monoisotopic (exact) mass is 423 g/mol. The Hall–Kier alpha value is -3.02. The minimum absolute atomic E-state index is 0.000117. The Kier molecular flexibility index (Phi) is 5.18. The number of alkyl halides is 1. The third-order valence-corrected chi connectivity index (χ3v) is 5.08. The zero-order valence-electron chi connectivity index (χ0n) is 16.5. The van der Waals surface area contributed by atoms with Gasteiger partial charge in [0.25, 0.3) is 0 Å². The van der Waals surface area contributed by atoms with Crippen molar-refractivity contribution in [3.05, 3.63) is 16.7 Å². The van der Waals surface area contributed by atoms with Gasteiger partial charge in [-0.2, -0.15) is 4.98 Å². The number of anilines is 1. The summed E-state index contributed by atoms with van der Waals surface area (Å²) in [6.45, 7) is 3.09. The summed E-state index contributed by atoms with van der Waals surface area (Å²) in [6, 6.07) is 0. The molecule has 0 unspecified atom stereocenters. The summed E-state index contributed by atoms with van der Waals surface area (Å²) in [5, 5.41) is 0. The van der Waals surface area contributed by atoms with Crippen LogP contribution in [0.25, 0.3) is 11.2 Å². The second kappa shape index (κ2) is 7.67. The van der Waals surface area contributed by atoms with E-state index < -0.39 is 42.4 Å². The molecular weight excluding hydrogens is 401 g/mol. The van der Waals surface area contributed by atoms with Crippen molar-refractivity contribution in [1.82, 2.24) is 19.1 Å². The number of fused-ring (bicyclic) bond motifs is 1. The fourth-order valence-corrected chi connectivity index (χ4v) is 3.47. The molecule has 0 amide bonds. The predicted molar refractivity (Wildman–Crippen MR) is 99.7 cm³/mol. The molecule has 0 bridgehead atoms. The fourth-order valence-electron chi connectivity index (χ4n) is 3.47. The highest BCUT2D eigenvalue weighted by Crippen LogP contribution is 2.36. The summed E-state index contributed by atoms with van der Waals surface area (Å²) in [5.74, 6) is -1.21. The second-order valence-electron chi connectivity index (χ2n) is 7.40.